The zero-order valence-electron chi connectivity index (χ0n) is 11.9. The van der Waals surface area contributed by atoms with Crippen molar-refractivity contribution in [2.45, 2.75) is 17.9 Å². The molecule has 0 bridgehead atoms. The zero-order chi connectivity index (χ0) is 14.7. The van der Waals surface area contributed by atoms with Crippen LogP contribution in [0.2, 0.25) is 0 Å². The smallest absolute Gasteiger partial charge is 0.106 e. The van der Waals surface area contributed by atoms with Crippen LogP contribution in [0.4, 0.5) is 0 Å². The first kappa shape index (κ1) is 14.1. The van der Waals surface area contributed by atoms with Gasteiger partial charge in [-0.1, -0.05) is 43.3 Å². The maximum absolute atomic E-state index is 10.7. The Bertz CT molecular complexity index is 734. The van der Waals surface area contributed by atoms with Crippen LogP contribution in [0.25, 0.3) is 10.8 Å². The molecule has 3 rings (SSSR count). The van der Waals surface area contributed by atoms with Crippen molar-refractivity contribution in [3.05, 3.63) is 72.1 Å². The number of aliphatic hydroxyl groups is 1. The summed E-state index contributed by atoms with van der Waals surface area (Å²) in [6, 6.07) is 16.1. The Morgan fingerprint density at radius 2 is 1.81 bits per heavy atom. The van der Waals surface area contributed by atoms with Crippen molar-refractivity contribution in [2.24, 2.45) is 0 Å². The van der Waals surface area contributed by atoms with E-state index in [1.54, 1.807) is 18.0 Å². The molecule has 106 valence electrons. The molecule has 0 aliphatic rings. The standard InChI is InChI=1S/C18H17NOS/c1-2-21-15-9-7-13(8-10-15)18(20)17-12-19-11-14-5-3-4-6-16(14)17/h3-12,18,20H,2H2,1H3. The molecule has 0 amide bonds. The lowest BCUT2D eigenvalue weighted by Crippen LogP contribution is -2.01. The van der Waals surface area contributed by atoms with Gasteiger partial charge in [-0.25, -0.2) is 0 Å². The lowest BCUT2D eigenvalue weighted by molar-refractivity contribution is 0.221. The van der Waals surface area contributed by atoms with Crippen LogP contribution in [-0.2, 0) is 0 Å². The average molecular weight is 295 g/mol. The van der Waals surface area contributed by atoms with Crippen LogP contribution >= 0.6 is 11.8 Å². The molecule has 2 nitrogen and oxygen atoms in total. The highest BCUT2D eigenvalue weighted by molar-refractivity contribution is 7.99. The molecular weight excluding hydrogens is 278 g/mol. The van der Waals surface area contributed by atoms with Crippen molar-refractivity contribution >= 4 is 22.5 Å². The second kappa shape index (κ2) is 6.29. The molecule has 1 heterocycles. The fourth-order valence-electron chi connectivity index (χ4n) is 2.45. The third-order valence-electron chi connectivity index (χ3n) is 3.50. The highest BCUT2D eigenvalue weighted by Gasteiger charge is 2.13. The number of fused-ring (bicyclic) bond motifs is 1. The van der Waals surface area contributed by atoms with E-state index in [1.165, 1.54) is 4.90 Å². The number of thioether (sulfide) groups is 1. The lowest BCUT2D eigenvalue weighted by Gasteiger charge is -2.14. The normalized spacial score (nSPS) is 12.5. The third kappa shape index (κ3) is 2.94. The first-order valence-corrected chi connectivity index (χ1v) is 8.01. The van der Waals surface area contributed by atoms with E-state index in [9.17, 15) is 5.11 Å². The van der Waals surface area contributed by atoms with Gasteiger partial charge < -0.3 is 5.11 Å². The predicted molar refractivity (Wildman–Crippen MR) is 88.6 cm³/mol. The van der Waals surface area contributed by atoms with Crippen molar-refractivity contribution in [1.82, 2.24) is 4.98 Å². The summed E-state index contributed by atoms with van der Waals surface area (Å²) in [4.78, 5) is 5.47. The largest absolute Gasteiger partial charge is 0.384 e. The van der Waals surface area contributed by atoms with E-state index in [4.69, 9.17) is 0 Å². The van der Waals surface area contributed by atoms with E-state index >= 15 is 0 Å². The lowest BCUT2D eigenvalue weighted by atomic mass is 9.98. The predicted octanol–water partition coefficient (Wildman–Crippen LogP) is 4.43. The van der Waals surface area contributed by atoms with Crippen LogP contribution in [0.3, 0.4) is 0 Å². The van der Waals surface area contributed by atoms with E-state index in [0.717, 1.165) is 27.7 Å². The number of pyridine rings is 1. The highest BCUT2D eigenvalue weighted by Crippen LogP contribution is 2.29. The first-order valence-electron chi connectivity index (χ1n) is 7.03. The summed E-state index contributed by atoms with van der Waals surface area (Å²) in [5.74, 6) is 1.05. The Kier molecular flexibility index (Phi) is 4.23. The topological polar surface area (TPSA) is 33.1 Å². The fraction of sp³-hybridized carbons (Fsp3) is 0.167. The Morgan fingerprint density at radius 3 is 2.57 bits per heavy atom. The van der Waals surface area contributed by atoms with Gasteiger partial charge in [-0.2, -0.15) is 0 Å². The summed E-state index contributed by atoms with van der Waals surface area (Å²) in [7, 11) is 0. The number of aromatic nitrogens is 1. The molecule has 0 saturated carbocycles. The average Bonchev–Trinajstić information content (AvgIpc) is 2.55. The third-order valence-corrected chi connectivity index (χ3v) is 4.39. The zero-order valence-corrected chi connectivity index (χ0v) is 12.7. The molecule has 21 heavy (non-hydrogen) atoms. The minimum absolute atomic E-state index is 0.649. The molecule has 3 heteroatoms. The maximum atomic E-state index is 10.7. The van der Waals surface area contributed by atoms with E-state index in [2.05, 4.69) is 24.0 Å². The molecule has 1 aromatic heterocycles. The van der Waals surface area contributed by atoms with Gasteiger partial charge in [0, 0.05) is 28.2 Å². The molecule has 2 aromatic carbocycles. The quantitative estimate of drug-likeness (QED) is 0.723. The monoisotopic (exact) mass is 295 g/mol. The Labute approximate surface area is 128 Å². The second-order valence-corrected chi connectivity index (χ2v) is 6.19. The van der Waals surface area contributed by atoms with Gasteiger partial charge in [0.15, 0.2) is 0 Å². The second-order valence-electron chi connectivity index (χ2n) is 4.85. The number of rotatable bonds is 4. The summed E-state index contributed by atoms with van der Waals surface area (Å²) in [5, 5.41) is 12.8. The number of benzene rings is 2. The minimum Gasteiger partial charge on any atom is -0.384 e. The van der Waals surface area contributed by atoms with Gasteiger partial charge in [0.2, 0.25) is 0 Å². The minimum atomic E-state index is -0.649. The molecule has 3 aromatic rings. The van der Waals surface area contributed by atoms with Gasteiger partial charge >= 0.3 is 0 Å². The van der Waals surface area contributed by atoms with E-state index in [1.807, 2.05) is 42.6 Å². The summed E-state index contributed by atoms with van der Waals surface area (Å²) in [6.45, 7) is 2.13. The van der Waals surface area contributed by atoms with E-state index in [-0.39, 0.29) is 0 Å². The van der Waals surface area contributed by atoms with Gasteiger partial charge in [0.1, 0.15) is 6.10 Å². The Hall–Kier alpha value is -1.84. The van der Waals surface area contributed by atoms with Crippen molar-refractivity contribution < 1.29 is 5.11 Å². The highest BCUT2D eigenvalue weighted by atomic mass is 32.2. The molecule has 0 spiro atoms. The number of nitrogens with zero attached hydrogens (tertiary/aromatic N) is 1. The van der Waals surface area contributed by atoms with Crippen LogP contribution in [0, 0.1) is 0 Å². The number of aliphatic hydroxyl groups excluding tert-OH is 1. The molecule has 1 unspecified atom stereocenters. The van der Waals surface area contributed by atoms with Crippen LogP contribution in [-0.4, -0.2) is 15.8 Å². The van der Waals surface area contributed by atoms with Crippen LogP contribution in [0.15, 0.2) is 65.8 Å². The molecule has 1 atom stereocenters. The molecule has 1 N–H and O–H groups in total. The van der Waals surface area contributed by atoms with Gasteiger partial charge in [0.05, 0.1) is 0 Å². The van der Waals surface area contributed by atoms with Crippen LogP contribution in [0.5, 0.6) is 0 Å². The van der Waals surface area contributed by atoms with Gasteiger partial charge in [-0.3, -0.25) is 4.98 Å². The van der Waals surface area contributed by atoms with Crippen molar-refractivity contribution in [2.75, 3.05) is 5.75 Å². The molecule has 0 radical (unpaired) electrons. The van der Waals surface area contributed by atoms with E-state index < -0.39 is 6.10 Å². The summed E-state index contributed by atoms with van der Waals surface area (Å²) >= 11 is 1.80. The van der Waals surface area contributed by atoms with Crippen LogP contribution in [0.1, 0.15) is 24.2 Å². The molecular formula is C18H17NOS. The summed E-state index contributed by atoms with van der Waals surface area (Å²) in [5.41, 5.74) is 1.75. The molecule has 0 saturated heterocycles. The van der Waals surface area contributed by atoms with Crippen molar-refractivity contribution in [3.8, 4) is 0 Å². The number of hydrogen-bond acceptors (Lipinski definition) is 3. The first-order chi connectivity index (χ1) is 10.3. The SMILES string of the molecule is CCSc1ccc(C(O)c2cncc3ccccc23)cc1. The fourth-order valence-corrected chi connectivity index (χ4v) is 3.11. The Balaban J connectivity index is 1.98. The number of hydrogen-bond donors (Lipinski definition) is 1. The van der Waals surface area contributed by atoms with E-state index in [0.29, 0.717) is 0 Å². The maximum Gasteiger partial charge on any atom is 0.106 e. The van der Waals surface area contributed by atoms with Crippen molar-refractivity contribution in [3.63, 3.8) is 0 Å². The van der Waals surface area contributed by atoms with Crippen molar-refractivity contribution in [1.29, 1.82) is 0 Å². The van der Waals surface area contributed by atoms with Gasteiger partial charge in [-0.15, -0.1) is 11.8 Å². The Morgan fingerprint density at radius 1 is 1.05 bits per heavy atom. The van der Waals surface area contributed by atoms with Gasteiger partial charge in [-0.05, 0) is 28.8 Å². The molecule has 0 aliphatic carbocycles. The van der Waals surface area contributed by atoms with Gasteiger partial charge in [0.25, 0.3) is 0 Å². The molecule has 0 aliphatic heterocycles. The molecule has 0 fully saturated rings. The van der Waals surface area contributed by atoms with Crippen LogP contribution < -0.4 is 0 Å². The summed E-state index contributed by atoms with van der Waals surface area (Å²) < 4.78 is 0. The summed E-state index contributed by atoms with van der Waals surface area (Å²) in [6.07, 6.45) is 2.93.